The number of hydrogen-bond acceptors (Lipinski definition) is 3. The molecule has 1 heterocycles. The zero-order chi connectivity index (χ0) is 11.3. The molecule has 0 spiro atoms. The van der Waals surface area contributed by atoms with Gasteiger partial charge in [0.1, 0.15) is 0 Å². The van der Waals surface area contributed by atoms with Crippen LogP contribution >= 0.6 is 15.9 Å². The Labute approximate surface area is 97.5 Å². The van der Waals surface area contributed by atoms with Crippen LogP contribution in [0, 0.1) is 0 Å². The monoisotopic (exact) mass is 274 g/mol. The average Bonchev–Trinajstić information content (AvgIpc) is 2.61. The highest BCUT2D eigenvalue weighted by Crippen LogP contribution is 2.16. The first-order valence-electron chi connectivity index (χ1n) is 4.89. The van der Waals surface area contributed by atoms with E-state index >= 15 is 0 Å². The lowest BCUT2D eigenvalue weighted by Crippen LogP contribution is -2.38. The van der Waals surface area contributed by atoms with Gasteiger partial charge in [0.25, 0.3) is 5.91 Å². The maximum atomic E-state index is 11.6. The van der Waals surface area contributed by atoms with Gasteiger partial charge in [-0.1, -0.05) is 6.92 Å². The number of halogens is 1. The van der Waals surface area contributed by atoms with Gasteiger partial charge in [-0.3, -0.25) is 4.79 Å². The SMILES string of the molecule is CCN[C@H](C)CNC(=O)c1occc1Br. The van der Waals surface area contributed by atoms with Crippen molar-refractivity contribution >= 4 is 21.8 Å². The van der Waals surface area contributed by atoms with Crippen molar-refractivity contribution < 1.29 is 9.21 Å². The van der Waals surface area contributed by atoms with E-state index in [1.165, 1.54) is 6.26 Å². The number of rotatable bonds is 5. The van der Waals surface area contributed by atoms with Gasteiger partial charge in [0.2, 0.25) is 5.76 Å². The molecule has 0 unspecified atom stereocenters. The van der Waals surface area contributed by atoms with Crippen molar-refractivity contribution in [2.75, 3.05) is 13.1 Å². The number of carbonyl (C=O) groups is 1. The molecule has 5 heteroatoms. The Bertz CT molecular complexity index is 325. The molecule has 0 saturated carbocycles. The molecule has 1 atom stereocenters. The largest absolute Gasteiger partial charge is 0.458 e. The third-order valence-corrected chi connectivity index (χ3v) is 2.57. The highest BCUT2D eigenvalue weighted by molar-refractivity contribution is 9.10. The summed E-state index contributed by atoms with van der Waals surface area (Å²) in [5, 5.41) is 5.99. The summed E-state index contributed by atoms with van der Waals surface area (Å²) in [6.45, 7) is 5.52. The van der Waals surface area contributed by atoms with Crippen LogP contribution in [-0.2, 0) is 0 Å². The Morgan fingerprint density at radius 3 is 2.93 bits per heavy atom. The maximum Gasteiger partial charge on any atom is 0.288 e. The first-order valence-corrected chi connectivity index (χ1v) is 5.69. The van der Waals surface area contributed by atoms with Crippen LogP contribution in [0.25, 0.3) is 0 Å². The molecule has 0 aliphatic carbocycles. The molecule has 0 saturated heterocycles. The number of nitrogens with one attached hydrogen (secondary N) is 2. The first-order chi connectivity index (χ1) is 7.15. The lowest BCUT2D eigenvalue weighted by molar-refractivity contribution is 0.0921. The summed E-state index contributed by atoms with van der Waals surface area (Å²) in [6.07, 6.45) is 1.48. The van der Waals surface area contributed by atoms with Crippen LogP contribution < -0.4 is 10.6 Å². The van der Waals surface area contributed by atoms with Crippen molar-refractivity contribution in [3.63, 3.8) is 0 Å². The molecule has 15 heavy (non-hydrogen) atoms. The van der Waals surface area contributed by atoms with Crippen molar-refractivity contribution in [2.45, 2.75) is 19.9 Å². The van der Waals surface area contributed by atoms with Gasteiger partial charge in [-0.15, -0.1) is 0 Å². The third kappa shape index (κ3) is 3.68. The molecular formula is C10H15BrN2O2. The quantitative estimate of drug-likeness (QED) is 0.861. The minimum Gasteiger partial charge on any atom is -0.458 e. The van der Waals surface area contributed by atoms with Gasteiger partial charge in [-0.25, -0.2) is 0 Å². The minimum absolute atomic E-state index is 0.198. The summed E-state index contributed by atoms with van der Waals surface area (Å²) in [5.74, 6) is 0.121. The van der Waals surface area contributed by atoms with Crippen molar-refractivity contribution in [1.82, 2.24) is 10.6 Å². The van der Waals surface area contributed by atoms with Crippen LogP contribution in [-0.4, -0.2) is 25.0 Å². The Balaban J connectivity index is 2.40. The summed E-state index contributed by atoms with van der Waals surface area (Å²) in [7, 11) is 0. The van der Waals surface area contributed by atoms with Gasteiger partial charge < -0.3 is 15.1 Å². The molecule has 0 radical (unpaired) electrons. The average molecular weight is 275 g/mol. The predicted octanol–water partition coefficient (Wildman–Crippen LogP) is 1.77. The summed E-state index contributed by atoms with van der Waals surface area (Å²) in [6, 6.07) is 1.95. The second kappa shape index (κ2) is 5.92. The van der Waals surface area contributed by atoms with E-state index < -0.39 is 0 Å². The summed E-state index contributed by atoms with van der Waals surface area (Å²) < 4.78 is 5.72. The highest BCUT2D eigenvalue weighted by atomic mass is 79.9. The van der Waals surface area contributed by atoms with E-state index in [1.807, 2.05) is 13.8 Å². The van der Waals surface area contributed by atoms with Gasteiger partial charge in [0.05, 0.1) is 10.7 Å². The molecule has 0 aromatic carbocycles. The molecule has 84 valence electrons. The van der Waals surface area contributed by atoms with E-state index in [1.54, 1.807) is 6.07 Å². The molecule has 1 amide bonds. The molecule has 0 bridgehead atoms. The zero-order valence-corrected chi connectivity index (χ0v) is 10.4. The topological polar surface area (TPSA) is 54.3 Å². The summed E-state index contributed by atoms with van der Waals surface area (Å²) in [5.41, 5.74) is 0. The lowest BCUT2D eigenvalue weighted by atomic mass is 10.3. The number of amides is 1. The van der Waals surface area contributed by atoms with E-state index in [-0.39, 0.29) is 11.9 Å². The Morgan fingerprint density at radius 1 is 1.67 bits per heavy atom. The van der Waals surface area contributed by atoms with Gasteiger partial charge >= 0.3 is 0 Å². The second-order valence-electron chi connectivity index (χ2n) is 3.27. The zero-order valence-electron chi connectivity index (χ0n) is 8.84. The molecule has 1 rings (SSSR count). The van der Waals surface area contributed by atoms with E-state index in [4.69, 9.17) is 4.42 Å². The maximum absolute atomic E-state index is 11.6. The lowest BCUT2D eigenvalue weighted by Gasteiger charge is -2.12. The minimum atomic E-state index is -0.198. The van der Waals surface area contributed by atoms with Crippen LogP contribution in [0.4, 0.5) is 0 Å². The van der Waals surface area contributed by atoms with E-state index in [0.717, 1.165) is 6.54 Å². The number of carbonyl (C=O) groups excluding carboxylic acids is 1. The van der Waals surface area contributed by atoms with E-state index in [0.29, 0.717) is 16.8 Å². The standard InChI is InChI=1S/C10H15BrN2O2/c1-3-12-7(2)6-13-10(14)9-8(11)4-5-15-9/h4-5,7,12H,3,6H2,1-2H3,(H,13,14)/t7-/m1/s1. The molecule has 1 aromatic heterocycles. The predicted molar refractivity (Wildman–Crippen MR) is 61.9 cm³/mol. The smallest absolute Gasteiger partial charge is 0.288 e. The van der Waals surface area contributed by atoms with Gasteiger partial charge in [0.15, 0.2) is 0 Å². The van der Waals surface area contributed by atoms with E-state index in [2.05, 4.69) is 26.6 Å². The Hall–Kier alpha value is -0.810. The normalized spacial score (nSPS) is 12.5. The van der Waals surface area contributed by atoms with Crippen LogP contribution in [0.15, 0.2) is 21.2 Å². The van der Waals surface area contributed by atoms with Crippen molar-refractivity contribution in [1.29, 1.82) is 0 Å². The Kier molecular flexibility index (Phi) is 4.84. The van der Waals surface area contributed by atoms with Gasteiger partial charge in [-0.2, -0.15) is 0 Å². The first kappa shape index (κ1) is 12.3. The molecule has 2 N–H and O–H groups in total. The Morgan fingerprint density at radius 2 is 2.40 bits per heavy atom. The van der Waals surface area contributed by atoms with E-state index in [9.17, 15) is 4.79 Å². The van der Waals surface area contributed by atoms with Crippen molar-refractivity contribution in [2.24, 2.45) is 0 Å². The van der Waals surface area contributed by atoms with Crippen LogP contribution in [0.1, 0.15) is 24.4 Å². The number of hydrogen-bond donors (Lipinski definition) is 2. The summed E-state index contributed by atoms with van der Waals surface area (Å²) in [4.78, 5) is 11.6. The highest BCUT2D eigenvalue weighted by Gasteiger charge is 2.13. The second-order valence-corrected chi connectivity index (χ2v) is 4.12. The fourth-order valence-corrected chi connectivity index (χ4v) is 1.58. The van der Waals surface area contributed by atoms with Crippen LogP contribution in [0.2, 0.25) is 0 Å². The fraction of sp³-hybridized carbons (Fsp3) is 0.500. The molecule has 0 fully saturated rings. The molecule has 4 nitrogen and oxygen atoms in total. The fourth-order valence-electron chi connectivity index (χ4n) is 1.20. The molecule has 0 aliphatic rings. The van der Waals surface area contributed by atoms with Gasteiger partial charge in [-0.05, 0) is 35.5 Å². The van der Waals surface area contributed by atoms with Crippen molar-refractivity contribution in [3.8, 4) is 0 Å². The van der Waals surface area contributed by atoms with Gasteiger partial charge in [0, 0.05) is 12.6 Å². The third-order valence-electron chi connectivity index (χ3n) is 1.94. The number of furan rings is 1. The van der Waals surface area contributed by atoms with Crippen LogP contribution in [0.3, 0.4) is 0 Å². The number of likely N-dealkylation sites (N-methyl/N-ethyl adjacent to an activating group) is 1. The molecule has 0 aliphatic heterocycles. The molecular weight excluding hydrogens is 260 g/mol. The van der Waals surface area contributed by atoms with Crippen LogP contribution in [0.5, 0.6) is 0 Å². The summed E-state index contributed by atoms with van der Waals surface area (Å²) >= 11 is 3.23. The van der Waals surface area contributed by atoms with Crippen molar-refractivity contribution in [3.05, 3.63) is 22.6 Å². The molecule has 1 aromatic rings.